The third kappa shape index (κ3) is 2.39. The molecule has 2 rings (SSSR count). The maximum absolute atomic E-state index is 6.01. The van der Waals surface area contributed by atoms with E-state index >= 15 is 0 Å². The number of methoxy groups -OCH3 is 1. The molecule has 3 nitrogen and oxygen atoms in total. The highest BCUT2D eigenvalue weighted by atomic mass is 35.5. The largest absolute Gasteiger partial charge is 0.496 e. The summed E-state index contributed by atoms with van der Waals surface area (Å²) < 4.78 is 5.30. The van der Waals surface area contributed by atoms with Crippen molar-refractivity contribution in [3.05, 3.63) is 40.7 Å². The Morgan fingerprint density at radius 2 is 2.00 bits per heavy atom. The number of rotatable bonds is 2. The van der Waals surface area contributed by atoms with Gasteiger partial charge >= 0.3 is 0 Å². The van der Waals surface area contributed by atoms with Gasteiger partial charge in [-0.15, -0.1) is 0 Å². The van der Waals surface area contributed by atoms with Gasteiger partial charge in [0.2, 0.25) is 0 Å². The van der Waals surface area contributed by atoms with Crippen molar-refractivity contribution in [3.8, 4) is 17.1 Å². The van der Waals surface area contributed by atoms with Crippen molar-refractivity contribution in [2.45, 2.75) is 13.8 Å². The zero-order chi connectivity index (χ0) is 12.4. The first-order valence-electron chi connectivity index (χ1n) is 5.26. The number of ether oxygens (including phenoxy) is 1. The van der Waals surface area contributed by atoms with E-state index in [-0.39, 0.29) is 0 Å². The van der Waals surface area contributed by atoms with Gasteiger partial charge in [-0.3, -0.25) is 0 Å². The first kappa shape index (κ1) is 11.9. The molecule has 88 valence electrons. The average Bonchev–Trinajstić information content (AvgIpc) is 2.32. The predicted octanol–water partition coefficient (Wildman–Crippen LogP) is 3.42. The highest BCUT2D eigenvalue weighted by Crippen LogP contribution is 2.29. The van der Waals surface area contributed by atoms with E-state index in [1.54, 1.807) is 13.3 Å². The van der Waals surface area contributed by atoms with Gasteiger partial charge in [-0.05, 0) is 26.0 Å². The topological polar surface area (TPSA) is 35.0 Å². The normalized spacial score (nSPS) is 10.4. The van der Waals surface area contributed by atoms with Crippen LogP contribution in [0.25, 0.3) is 11.4 Å². The summed E-state index contributed by atoms with van der Waals surface area (Å²) in [6.07, 6.45) is 1.71. The van der Waals surface area contributed by atoms with Gasteiger partial charge < -0.3 is 4.74 Å². The van der Waals surface area contributed by atoms with E-state index in [2.05, 4.69) is 9.97 Å². The molecule has 1 aromatic heterocycles. The quantitative estimate of drug-likeness (QED) is 0.764. The van der Waals surface area contributed by atoms with Crippen LogP contribution in [0.2, 0.25) is 5.15 Å². The van der Waals surface area contributed by atoms with Crippen molar-refractivity contribution in [2.75, 3.05) is 7.11 Å². The molecule has 0 unspecified atom stereocenters. The van der Waals surface area contributed by atoms with E-state index < -0.39 is 0 Å². The zero-order valence-electron chi connectivity index (χ0n) is 9.99. The Morgan fingerprint density at radius 3 is 2.65 bits per heavy atom. The van der Waals surface area contributed by atoms with Crippen LogP contribution < -0.4 is 4.74 Å². The molecule has 0 amide bonds. The van der Waals surface area contributed by atoms with Crippen LogP contribution >= 0.6 is 11.6 Å². The van der Waals surface area contributed by atoms with E-state index in [0.29, 0.717) is 11.0 Å². The van der Waals surface area contributed by atoms with E-state index in [4.69, 9.17) is 16.3 Å². The summed E-state index contributed by atoms with van der Waals surface area (Å²) in [5.41, 5.74) is 2.84. The van der Waals surface area contributed by atoms with Crippen LogP contribution in [-0.2, 0) is 0 Å². The minimum Gasteiger partial charge on any atom is -0.496 e. The third-order valence-electron chi connectivity index (χ3n) is 2.51. The Bertz CT molecular complexity index is 555. The first-order chi connectivity index (χ1) is 8.11. The summed E-state index contributed by atoms with van der Waals surface area (Å²) in [5, 5.41) is 0.471. The fourth-order valence-corrected chi connectivity index (χ4v) is 1.68. The molecule has 1 aromatic carbocycles. The number of halogens is 1. The maximum atomic E-state index is 6.01. The molecule has 0 saturated carbocycles. The Morgan fingerprint density at radius 1 is 1.24 bits per heavy atom. The van der Waals surface area contributed by atoms with Crippen LogP contribution in [0.4, 0.5) is 0 Å². The van der Waals surface area contributed by atoms with Crippen molar-refractivity contribution in [1.29, 1.82) is 0 Å². The smallest absolute Gasteiger partial charge is 0.164 e. The molecule has 0 bridgehead atoms. The predicted molar refractivity (Wildman–Crippen MR) is 68.5 cm³/mol. The lowest BCUT2D eigenvalue weighted by Crippen LogP contribution is -1.95. The van der Waals surface area contributed by atoms with Crippen LogP contribution in [-0.4, -0.2) is 17.1 Å². The Kier molecular flexibility index (Phi) is 3.29. The lowest BCUT2D eigenvalue weighted by molar-refractivity contribution is 0.416. The molecule has 0 aliphatic heterocycles. The number of hydrogen-bond donors (Lipinski definition) is 0. The zero-order valence-corrected chi connectivity index (χ0v) is 10.7. The van der Waals surface area contributed by atoms with Crippen molar-refractivity contribution in [3.63, 3.8) is 0 Å². The van der Waals surface area contributed by atoms with Gasteiger partial charge in [0, 0.05) is 11.8 Å². The number of aryl methyl sites for hydroxylation is 2. The van der Waals surface area contributed by atoms with Gasteiger partial charge in [0.05, 0.1) is 12.7 Å². The summed E-state index contributed by atoms with van der Waals surface area (Å²) in [7, 11) is 1.63. The summed E-state index contributed by atoms with van der Waals surface area (Å²) in [5.74, 6) is 1.33. The summed E-state index contributed by atoms with van der Waals surface area (Å²) >= 11 is 6.01. The number of nitrogens with zero attached hydrogens (tertiary/aromatic N) is 2. The average molecular weight is 249 g/mol. The third-order valence-corrected chi connectivity index (χ3v) is 2.89. The second-order valence-corrected chi connectivity index (χ2v) is 4.23. The molecule has 0 saturated heterocycles. The fraction of sp³-hybridized carbons (Fsp3) is 0.231. The molecule has 1 heterocycles. The summed E-state index contributed by atoms with van der Waals surface area (Å²) in [4.78, 5) is 8.55. The molecule has 0 atom stereocenters. The Hall–Kier alpha value is -1.61. The van der Waals surface area contributed by atoms with Crippen molar-refractivity contribution in [1.82, 2.24) is 9.97 Å². The number of aromatic nitrogens is 2. The van der Waals surface area contributed by atoms with Gasteiger partial charge in [-0.1, -0.05) is 23.2 Å². The first-order valence-corrected chi connectivity index (χ1v) is 5.64. The molecule has 0 N–H and O–H groups in total. The minimum atomic E-state index is 0.471. The van der Waals surface area contributed by atoms with Crippen molar-refractivity contribution < 1.29 is 4.74 Å². The molecule has 0 aliphatic carbocycles. The van der Waals surface area contributed by atoms with Crippen LogP contribution in [0.1, 0.15) is 11.1 Å². The molecule has 2 aromatic rings. The van der Waals surface area contributed by atoms with Crippen molar-refractivity contribution >= 4 is 11.6 Å². The Balaban J connectivity index is 2.58. The van der Waals surface area contributed by atoms with E-state index in [1.807, 2.05) is 32.0 Å². The summed E-state index contributed by atoms with van der Waals surface area (Å²) in [6, 6.07) is 5.87. The highest BCUT2D eigenvalue weighted by Gasteiger charge is 2.10. The number of hydrogen-bond acceptors (Lipinski definition) is 3. The minimum absolute atomic E-state index is 0.471. The van der Waals surface area contributed by atoms with Gasteiger partial charge in [-0.25, -0.2) is 9.97 Å². The maximum Gasteiger partial charge on any atom is 0.164 e. The van der Waals surface area contributed by atoms with Gasteiger partial charge in [0.1, 0.15) is 10.9 Å². The van der Waals surface area contributed by atoms with Crippen molar-refractivity contribution in [2.24, 2.45) is 0 Å². The van der Waals surface area contributed by atoms with Gasteiger partial charge in [0.15, 0.2) is 5.82 Å². The van der Waals surface area contributed by atoms with Crippen LogP contribution in [0.3, 0.4) is 0 Å². The SMILES string of the molecule is COc1ccc(C)cc1-c1ncc(C)c(Cl)n1. The summed E-state index contributed by atoms with van der Waals surface area (Å²) in [6.45, 7) is 3.89. The molecule has 0 radical (unpaired) electrons. The van der Waals surface area contributed by atoms with Crippen LogP contribution in [0.5, 0.6) is 5.75 Å². The monoisotopic (exact) mass is 248 g/mol. The number of benzene rings is 1. The van der Waals surface area contributed by atoms with Gasteiger partial charge in [-0.2, -0.15) is 0 Å². The van der Waals surface area contributed by atoms with E-state index in [0.717, 1.165) is 22.4 Å². The molecule has 4 heteroatoms. The molecule has 0 aliphatic rings. The standard InChI is InChI=1S/C13H13ClN2O/c1-8-4-5-11(17-3)10(6-8)13-15-7-9(2)12(14)16-13/h4-7H,1-3H3. The molecular formula is C13H13ClN2O. The fourth-order valence-electron chi connectivity index (χ4n) is 1.55. The second-order valence-electron chi connectivity index (χ2n) is 3.87. The van der Waals surface area contributed by atoms with E-state index in [1.165, 1.54) is 0 Å². The highest BCUT2D eigenvalue weighted by molar-refractivity contribution is 6.30. The van der Waals surface area contributed by atoms with Crippen LogP contribution in [0, 0.1) is 13.8 Å². The molecule has 0 fully saturated rings. The molecular weight excluding hydrogens is 236 g/mol. The van der Waals surface area contributed by atoms with E-state index in [9.17, 15) is 0 Å². The lowest BCUT2D eigenvalue weighted by Gasteiger charge is -2.08. The molecule has 0 spiro atoms. The second kappa shape index (κ2) is 4.72. The van der Waals surface area contributed by atoms with Crippen LogP contribution in [0.15, 0.2) is 24.4 Å². The lowest BCUT2D eigenvalue weighted by atomic mass is 10.1. The Labute approximate surface area is 105 Å². The molecule has 17 heavy (non-hydrogen) atoms. The van der Waals surface area contributed by atoms with Gasteiger partial charge in [0.25, 0.3) is 0 Å².